The molecule has 2 aliphatic heterocycles. The van der Waals surface area contributed by atoms with Crippen molar-refractivity contribution in [1.29, 1.82) is 0 Å². The van der Waals surface area contributed by atoms with E-state index in [1.807, 2.05) is 6.07 Å². The van der Waals surface area contributed by atoms with Crippen molar-refractivity contribution in [2.24, 2.45) is 16.7 Å². The van der Waals surface area contributed by atoms with Crippen LogP contribution in [-0.4, -0.2) is 84.5 Å². The highest BCUT2D eigenvalue weighted by molar-refractivity contribution is 7.90. The fourth-order valence-electron chi connectivity index (χ4n) is 10.1. The van der Waals surface area contributed by atoms with Gasteiger partial charge >= 0.3 is 5.69 Å². The molecule has 2 aromatic carbocycles. The summed E-state index contributed by atoms with van der Waals surface area (Å²) in [6, 6.07) is 19.1. The first kappa shape index (κ1) is 42.7. The van der Waals surface area contributed by atoms with Gasteiger partial charge in [0.25, 0.3) is 15.9 Å². The number of aromatic amines is 1. The standard InChI is InChI=1S/C47H56N8O7S/c1-30(2)37-7-5-6-8-38(37)41-27-61-18-17-54(41)34-22-47(23-34)28-53(29-47)33-9-10-39(42(20-33)62-35-19-32-13-16-48-43(32)50-25-35)45(56)52-63(59,60)36-21-40(55(57)58)44(51-26-36)49-24-31-11-14-46(3,4)15-12-31/h5-10,13,16,19-21,25-26,30-31,34,41H,11-12,14-15,17-18,22-24,27-29H2,1-4H3,(H,48,50)(H,49,51)(H,52,56)/t41-/m0/s1. The SMILES string of the molecule is CC(C)c1ccccc1[C@@H]1COCCN1C1CC2(C1)CN(c1ccc(C(=O)NS(=O)(=O)c3cnc(NCC4CCC(C)(C)CC4)c([N+](=O)[O-])c3)c(Oc3cnc4[nH]ccc4c3)c1)C2. The van der Waals surface area contributed by atoms with Crippen molar-refractivity contribution in [2.75, 3.05) is 49.6 Å². The minimum Gasteiger partial charge on any atom is -0.455 e. The summed E-state index contributed by atoms with van der Waals surface area (Å²) in [7, 11) is -4.60. The molecular weight excluding hydrogens is 821 g/mol. The van der Waals surface area contributed by atoms with Crippen LogP contribution in [0.4, 0.5) is 17.2 Å². The Morgan fingerprint density at radius 1 is 1.05 bits per heavy atom. The van der Waals surface area contributed by atoms with Gasteiger partial charge < -0.3 is 24.7 Å². The predicted molar refractivity (Wildman–Crippen MR) is 241 cm³/mol. The number of fused-ring (bicyclic) bond motifs is 1. The molecule has 15 nitrogen and oxygen atoms in total. The van der Waals surface area contributed by atoms with E-state index >= 15 is 0 Å². The highest BCUT2D eigenvalue weighted by Crippen LogP contribution is 2.53. The molecule has 5 heterocycles. The Bertz CT molecular complexity index is 2620. The fraction of sp³-hybridized carbons (Fsp3) is 0.468. The molecule has 4 aliphatic rings. The number of benzene rings is 2. The van der Waals surface area contributed by atoms with Crippen molar-refractivity contribution in [1.82, 2.24) is 24.6 Å². The number of anilines is 2. The van der Waals surface area contributed by atoms with Crippen molar-refractivity contribution in [3.05, 3.63) is 106 Å². The number of carbonyl (C=O) groups is 1. The normalized spacial score (nSPS) is 20.3. The summed E-state index contributed by atoms with van der Waals surface area (Å²) in [5.74, 6) is 0.267. The Balaban J connectivity index is 0.906. The van der Waals surface area contributed by atoms with E-state index in [2.05, 4.69) is 86.8 Å². The zero-order chi connectivity index (χ0) is 44.1. The van der Waals surface area contributed by atoms with E-state index < -0.39 is 31.4 Å². The number of rotatable bonds is 13. The number of amides is 1. The zero-order valence-corrected chi connectivity index (χ0v) is 37.1. The molecule has 332 valence electrons. The molecule has 2 saturated heterocycles. The maximum absolute atomic E-state index is 13.9. The third kappa shape index (κ3) is 8.85. The quantitative estimate of drug-likeness (QED) is 0.0757. The Morgan fingerprint density at radius 3 is 2.59 bits per heavy atom. The highest BCUT2D eigenvalue weighted by Gasteiger charge is 2.55. The van der Waals surface area contributed by atoms with Crippen LogP contribution in [0.5, 0.6) is 11.5 Å². The first-order valence-corrected chi connectivity index (χ1v) is 23.5. The van der Waals surface area contributed by atoms with Gasteiger partial charge in [0.15, 0.2) is 0 Å². The number of nitrogens with zero attached hydrogens (tertiary/aromatic N) is 5. The summed E-state index contributed by atoms with van der Waals surface area (Å²) in [4.78, 5) is 41.4. The van der Waals surface area contributed by atoms with Crippen molar-refractivity contribution < 1.29 is 27.6 Å². The first-order chi connectivity index (χ1) is 30.2. The number of pyridine rings is 2. The molecule has 4 fully saturated rings. The summed E-state index contributed by atoms with van der Waals surface area (Å²) in [6.07, 6.45) is 10.6. The molecular formula is C47H56N8O7S. The van der Waals surface area contributed by atoms with E-state index in [4.69, 9.17) is 9.47 Å². The van der Waals surface area contributed by atoms with Gasteiger partial charge in [-0.2, -0.15) is 0 Å². The largest absolute Gasteiger partial charge is 0.455 e. The van der Waals surface area contributed by atoms with Crippen LogP contribution in [0.25, 0.3) is 11.0 Å². The van der Waals surface area contributed by atoms with E-state index in [0.717, 1.165) is 88.1 Å². The lowest BCUT2D eigenvalue weighted by Crippen LogP contribution is -2.67. The van der Waals surface area contributed by atoms with Crippen molar-refractivity contribution in [3.8, 4) is 11.5 Å². The van der Waals surface area contributed by atoms with Crippen molar-refractivity contribution in [2.45, 2.75) is 89.1 Å². The fourth-order valence-corrected chi connectivity index (χ4v) is 11.1. The highest BCUT2D eigenvalue weighted by atomic mass is 32.2. The van der Waals surface area contributed by atoms with E-state index in [1.54, 1.807) is 30.5 Å². The third-order valence-corrected chi connectivity index (χ3v) is 15.1. The molecule has 63 heavy (non-hydrogen) atoms. The van der Waals surface area contributed by atoms with Gasteiger partial charge in [0.1, 0.15) is 22.0 Å². The van der Waals surface area contributed by atoms with Crippen LogP contribution in [0.3, 0.4) is 0 Å². The zero-order valence-electron chi connectivity index (χ0n) is 36.3. The summed E-state index contributed by atoms with van der Waals surface area (Å²) in [5, 5.41) is 16.0. The van der Waals surface area contributed by atoms with E-state index in [-0.39, 0.29) is 34.0 Å². The number of sulfonamides is 1. The van der Waals surface area contributed by atoms with Gasteiger partial charge in [-0.3, -0.25) is 19.8 Å². The van der Waals surface area contributed by atoms with Gasteiger partial charge in [-0.25, -0.2) is 23.1 Å². The molecule has 3 aromatic heterocycles. The number of morpholine rings is 1. The molecule has 3 N–H and O–H groups in total. The molecule has 0 radical (unpaired) electrons. The second kappa shape index (κ2) is 16.8. The number of aromatic nitrogens is 3. The number of hydrogen-bond donors (Lipinski definition) is 3. The average molecular weight is 877 g/mol. The monoisotopic (exact) mass is 876 g/mol. The summed E-state index contributed by atoms with van der Waals surface area (Å²) in [5.41, 5.74) is 4.16. The van der Waals surface area contributed by atoms with Crippen LogP contribution in [0, 0.1) is 26.9 Å². The lowest BCUT2D eigenvalue weighted by Gasteiger charge is -2.63. The Kier molecular flexibility index (Phi) is 11.4. The van der Waals surface area contributed by atoms with Gasteiger partial charge in [0, 0.05) is 67.0 Å². The van der Waals surface area contributed by atoms with Crippen LogP contribution in [0.15, 0.2) is 84.1 Å². The maximum Gasteiger partial charge on any atom is 0.312 e. The number of carbonyl (C=O) groups excluding carboxylic acids is 1. The minimum absolute atomic E-state index is 0.0164. The smallest absolute Gasteiger partial charge is 0.312 e. The summed E-state index contributed by atoms with van der Waals surface area (Å²) in [6.45, 7) is 13.5. The van der Waals surface area contributed by atoms with E-state index in [0.29, 0.717) is 42.4 Å². The van der Waals surface area contributed by atoms with Crippen LogP contribution in [0.2, 0.25) is 0 Å². The van der Waals surface area contributed by atoms with Crippen molar-refractivity contribution >= 4 is 44.2 Å². The topological polar surface area (TPSA) is 185 Å². The van der Waals surface area contributed by atoms with Crippen LogP contribution < -0.4 is 19.7 Å². The van der Waals surface area contributed by atoms with Crippen molar-refractivity contribution in [3.63, 3.8) is 0 Å². The third-order valence-electron chi connectivity index (χ3n) is 13.8. The second-order valence-corrected chi connectivity index (χ2v) is 20.8. The molecule has 16 heteroatoms. The molecule has 0 unspecified atom stereocenters. The van der Waals surface area contributed by atoms with Crippen LogP contribution >= 0.6 is 0 Å². The number of ether oxygens (including phenoxy) is 2. The van der Waals surface area contributed by atoms with Crippen LogP contribution in [0.1, 0.15) is 99.7 Å². The Morgan fingerprint density at radius 2 is 1.83 bits per heavy atom. The first-order valence-electron chi connectivity index (χ1n) is 22.0. The molecule has 1 atom stereocenters. The maximum atomic E-state index is 13.9. The molecule has 1 spiro atoms. The van der Waals surface area contributed by atoms with E-state index in [1.165, 1.54) is 17.3 Å². The summed E-state index contributed by atoms with van der Waals surface area (Å²) >= 11 is 0. The van der Waals surface area contributed by atoms with Gasteiger partial charge in [-0.05, 0) is 91.2 Å². The minimum atomic E-state index is -4.60. The van der Waals surface area contributed by atoms with E-state index in [9.17, 15) is 23.3 Å². The van der Waals surface area contributed by atoms with Gasteiger partial charge in [0.05, 0.1) is 42.1 Å². The van der Waals surface area contributed by atoms with Gasteiger partial charge in [0.2, 0.25) is 5.82 Å². The Labute approximate surface area is 368 Å². The second-order valence-electron chi connectivity index (χ2n) is 19.1. The van der Waals surface area contributed by atoms with Gasteiger partial charge in [-0.1, -0.05) is 52.0 Å². The lowest BCUT2D eigenvalue weighted by atomic mass is 9.59. The molecule has 0 bridgehead atoms. The average Bonchev–Trinajstić information content (AvgIpc) is 3.70. The number of nitro groups is 1. The number of hydrogen-bond acceptors (Lipinski definition) is 12. The van der Waals surface area contributed by atoms with Crippen LogP contribution in [-0.2, 0) is 14.8 Å². The molecule has 1 amide bonds. The van der Waals surface area contributed by atoms with Gasteiger partial charge in [-0.15, -0.1) is 0 Å². The lowest BCUT2D eigenvalue weighted by molar-refractivity contribution is -0.384. The molecule has 5 aromatic rings. The molecule has 2 saturated carbocycles. The number of nitrogens with one attached hydrogen (secondary N) is 3. The Hall–Kier alpha value is -5.58. The predicted octanol–water partition coefficient (Wildman–Crippen LogP) is 8.57. The summed E-state index contributed by atoms with van der Waals surface area (Å²) < 4.78 is 41.8. The molecule has 9 rings (SSSR count). The number of H-pyrrole nitrogens is 1. The molecule has 2 aliphatic carbocycles.